The Kier molecular flexibility index (Phi) is 7.93. The summed E-state index contributed by atoms with van der Waals surface area (Å²) < 4.78 is 10.6. The van der Waals surface area contributed by atoms with E-state index in [-0.39, 0.29) is 11.5 Å². The van der Waals surface area contributed by atoms with Crippen LogP contribution in [0.1, 0.15) is 13.8 Å². The molecule has 0 unspecified atom stereocenters. The second-order valence-corrected chi connectivity index (χ2v) is 3.78. The van der Waals surface area contributed by atoms with E-state index in [1.807, 2.05) is 13.8 Å². The van der Waals surface area contributed by atoms with E-state index in [9.17, 15) is 4.79 Å². The molecule has 0 N–H and O–H groups in total. The second-order valence-electron chi connectivity index (χ2n) is 2.81. The van der Waals surface area contributed by atoms with E-state index >= 15 is 0 Å². The van der Waals surface area contributed by atoms with Gasteiger partial charge in [0.15, 0.2) is 6.29 Å². The topological polar surface area (TPSA) is 38.8 Å². The second kappa shape index (κ2) is 8.08. The van der Waals surface area contributed by atoms with Crippen molar-refractivity contribution in [1.82, 2.24) is 4.90 Å². The van der Waals surface area contributed by atoms with Crippen LogP contribution in [0.25, 0.3) is 0 Å². The number of ether oxygens (including phenoxy) is 2. The average molecular weight is 221 g/mol. The molecule has 14 heavy (non-hydrogen) atoms. The fraction of sp³-hybridized carbons (Fsp3) is 0.889. The molecule has 0 radical (unpaired) electrons. The maximum atomic E-state index is 11.2. The first kappa shape index (κ1) is 13.7. The lowest BCUT2D eigenvalue weighted by molar-refractivity contribution is -0.119. The number of thioether (sulfide) groups is 1. The van der Waals surface area contributed by atoms with Crippen molar-refractivity contribution in [2.45, 2.75) is 20.1 Å². The van der Waals surface area contributed by atoms with Gasteiger partial charge in [-0.3, -0.25) is 4.79 Å². The minimum atomic E-state index is -0.279. The summed E-state index contributed by atoms with van der Waals surface area (Å²) in [5.74, 6) is 0.540. The lowest BCUT2D eigenvalue weighted by Crippen LogP contribution is -2.24. The van der Waals surface area contributed by atoms with Crippen molar-refractivity contribution in [3.05, 3.63) is 0 Å². The predicted molar refractivity (Wildman–Crippen MR) is 58.6 cm³/mol. The summed E-state index contributed by atoms with van der Waals surface area (Å²) in [5.41, 5.74) is 0. The highest BCUT2D eigenvalue weighted by molar-refractivity contribution is 8.13. The predicted octanol–water partition coefficient (Wildman–Crippen LogP) is 1.80. The fourth-order valence-electron chi connectivity index (χ4n) is 0.785. The third-order valence-electron chi connectivity index (χ3n) is 1.41. The average Bonchev–Trinajstić information content (AvgIpc) is 2.14. The van der Waals surface area contributed by atoms with Crippen LogP contribution in [-0.2, 0) is 9.47 Å². The van der Waals surface area contributed by atoms with Gasteiger partial charge in [-0.1, -0.05) is 11.8 Å². The lowest BCUT2D eigenvalue weighted by Gasteiger charge is -2.17. The van der Waals surface area contributed by atoms with Crippen LogP contribution in [0.3, 0.4) is 0 Å². The van der Waals surface area contributed by atoms with E-state index in [4.69, 9.17) is 9.47 Å². The number of hydrogen-bond acceptors (Lipinski definition) is 4. The first-order valence-corrected chi connectivity index (χ1v) is 5.67. The molecule has 0 aromatic heterocycles. The molecule has 0 heterocycles. The molecule has 1 amide bonds. The highest BCUT2D eigenvalue weighted by Gasteiger charge is 2.12. The van der Waals surface area contributed by atoms with Crippen LogP contribution in [0.5, 0.6) is 0 Å². The van der Waals surface area contributed by atoms with E-state index in [1.54, 1.807) is 19.0 Å². The molecule has 0 bridgehead atoms. The van der Waals surface area contributed by atoms with Gasteiger partial charge in [-0.05, 0) is 13.8 Å². The summed E-state index contributed by atoms with van der Waals surface area (Å²) in [4.78, 5) is 12.8. The number of carbonyl (C=O) groups excluding carboxylic acids is 1. The number of rotatable bonds is 6. The Balaban J connectivity index is 3.74. The minimum absolute atomic E-state index is 0.0226. The van der Waals surface area contributed by atoms with Gasteiger partial charge < -0.3 is 14.4 Å². The van der Waals surface area contributed by atoms with Crippen LogP contribution in [0.2, 0.25) is 0 Å². The van der Waals surface area contributed by atoms with Gasteiger partial charge in [-0.25, -0.2) is 0 Å². The lowest BCUT2D eigenvalue weighted by atomic mass is 10.7. The molecule has 0 fully saturated rings. The molecule has 0 aliphatic carbocycles. The molecular weight excluding hydrogens is 202 g/mol. The standard InChI is InChI=1S/C9H19NO3S/c1-5-12-8(13-6-2)7-14-9(11)10(3)4/h8H,5-7H2,1-4H3. The smallest absolute Gasteiger partial charge is 0.281 e. The van der Waals surface area contributed by atoms with E-state index in [0.29, 0.717) is 19.0 Å². The number of hydrogen-bond donors (Lipinski definition) is 0. The first-order chi connectivity index (χ1) is 6.61. The molecular formula is C9H19NO3S. The molecule has 5 heteroatoms. The van der Waals surface area contributed by atoms with Crippen LogP contribution in [-0.4, -0.2) is 49.5 Å². The van der Waals surface area contributed by atoms with E-state index < -0.39 is 0 Å². The monoisotopic (exact) mass is 221 g/mol. The van der Waals surface area contributed by atoms with Crippen molar-refractivity contribution in [1.29, 1.82) is 0 Å². The maximum Gasteiger partial charge on any atom is 0.281 e. The molecule has 4 nitrogen and oxygen atoms in total. The molecule has 84 valence electrons. The Morgan fingerprint density at radius 2 is 1.79 bits per heavy atom. The van der Waals surface area contributed by atoms with Crippen LogP contribution >= 0.6 is 11.8 Å². The van der Waals surface area contributed by atoms with E-state index in [0.717, 1.165) is 0 Å². The van der Waals surface area contributed by atoms with Crippen molar-refractivity contribution in [2.75, 3.05) is 33.1 Å². The fourth-order valence-corrected chi connectivity index (χ4v) is 1.51. The first-order valence-electron chi connectivity index (χ1n) is 4.69. The summed E-state index contributed by atoms with van der Waals surface area (Å²) in [6, 6.07) is 0. The van der Waals surface area contributed by atoms with Crippen molar-refractivity contribution >= 4 is 17.0 Å². The molecule has 0 aliphatic rings. The highest BCUT2D eigenvalue weighted by atomic mass is 32.2. The zero-order valence-corrected chi connectivity index (χ0v) is 10.1. The van der Waals surface area contributed by atoms with E-state index in [1.165, 1.54) is 11.8 Å². The molecule has 0 aromatic rings. The molecule has 0 saturated heterocycles. The van der Waals surface area contributed by atoms with Crippen LogP contribution in [0, 0.1) is 0 Å². The summed E-state index contributed by atoms with van der Waals surface area (Å²) in [7, 11) is 3.46. The third-order valence-corrected chi connectivity index (χ3v) is 2.46. The molecule has 0 aromatic carbocycles. The van der Waals surface area contributed by atoms with Gasteiger partial charge in [-0.2, -0.15) is 0 Å². The van der Waals surface area contributed by atoms with Crippen LogP contribution in [0.15, 0.2) is 0 Å². The Labute approximate surface area is 89.9 Å². The normalized spacial score (nSPS) is 10.6. The maximum absolute atomic E-state index is 11.2. The largest absolute Gasteiger partial charge is 0.352 e. The molecule has 0 atom stereocenters. The van der Waals surface area contributed by atoms with Gasteiger partial charge in [-0.15, -0.1) is 0 Å². The molecule has 0 aliphatic heterocycles. The van der Waals surface area contributed by atoms with Gasteiger partial charge in [0.25, 0.3) is 5.24 Å². The van der Waals surface area contributed by atoms with Crippen molar-refractivity contribution in [3.63, 3.8) is 0 Å². The van der Waals surface area contributed by atoms with Crippen molar-refractivity contribution in [2.24, 2.45) is 0 Å². The Morgan fingerprint density at radius 3 is 2.14 bits per heavy atom. The number of amides is 1. The van der Waals surface area contributed by atoms with Gasteiger partial charge in [0.1, 0.15) is 0 Å². The number of nitrogens with zero attached hydrogens (tertiary/aromatic N) is 1. The number of carbonyl (C=O) groups is 1. The zero-order chi connectivity index (χ0) is 11.0. The van der Waals surface area contributed by atoms with Gasteiger partial charge >= 0.3 is 0 Å². The van der Waals surface area contributed by atoms with Crippen molar-refractivity contribution in [3.8, 4) is 0 Å². The Hall–Kier alpha value is -0.260. The van der Waals surface area contributed by atoms with Gasteiger partial charge in [0, 0.05) is 27.3 Å². The minimum Gasteiger partial charge on any atom is -0.352 e. The third kappa shape index (κ3) is 6.23. The Bertz CT molecular complexity index is 158. The van der Waals surface area contributed by atoms with Gasteiger partial charge in [0.2, 0.25) is 0 Å². The summed E-state index contributed by atoms with van der Waals surface area (Å²) in [5, 5.41) is 0.0226. The zero-order valence-electron chi connectivity index (χ0n) is 9.28. The molecule has 0 saturated carbocycles. The van der Waals surface area contributed by atoms with Crippen molar-refractivity contribution < 1.29 is 14.3 Å². The quantitative estimate of drug-likeness (QED) is 0.641. The summed E-state index contributed by atoms with van der Waals surface area (Å²) >= 11 is 1.21. The summed E-state index contributed by atoms with van der Waals surface area (Å²) in [6.45, 7) is 5.01. The SMILES string of the molecule is CCOC(CSC(=O)N(C)C)OCC. The van der Waals surface area contributed by atoms with Crippen LogP contribution < -0.4 is 0 Å². The Morgan fingerprint density at radius 1 is 1.29 bits per heavy atom. The molecule has 0 spiro atoms. The van der Waals surface area contributed by atoms with E-state index in [2.05, 4.69) is 0 Å². The van der Waals surface area contributed by atoms with Crippen LogP contribution in [0.4, 0.5) is 4.79 Å². The summed E-state index contributed by atoms with van der Waals surface area (Å²) in [6.07, 6.45) is -0.279. The van der Waals surface area contributed by atoms with Gasteiger partial charge in [0.05, 0.1) is 5.75 Å². The molecule has 0 rings (SSSR count). The highest BCUT2D eigenvalue weighted by Crippen LogP contribution is 2.10.